The van der Waals surface area contributed by atoms with Crippen LogP contribution in [-0.4, -0.2) is 34.8 Å². The van der Waals surface area contributed by atoms with E-state index in [1.54, 1.807) is 39.9 Å². The van der Waals surface area contributed by atoms with Crippen LogP contribution in [0.3, 0.4) is 0 Å². The number of Topliss-reactive ketones (excluding diaryl/α,β-unsaturated/α-hetero) is 1. The Morgan fingerprint density at radius 3 is 2.52 bits per heavy atom. The van der Waals surface area contributed by atoms with E-state index in [0.29, 0.717) is 24.4 Å². The highest BCUT2D eigenvalue weighted by atomic mass is 33.1. The number of nitrogens with zero attached hydrogens (tertiary/aromatic N) is 1. The minimum atomic E-state index is -0.331. The van der Waals surface area contributed by atoms with Gasteiger partial charge in [-0.25, -0.2) is 4.79 Å². The number of aromatic nitrogens is 1. The van der Waals surface area contributed by atoms with Gasteiger partial charge in [-0.3, -0.25) is 9.78 Å². The van der Waals surface area contributed by atoms with Gasteiger partial charge < -0.3 is 4.74 Å². The van der Waals surface area contributed by atoms with Crippen molar-refractivity contribution < 1.29 is 14.3 Å². The number of hydrogen-bond donors (Lipinski definition) is 0. The molecule has 0 aromatic carbocycles. The van der Waals surface area contributed by atoms with Crippen LogP contribution in [0.25, 0.3) is 0 Å². The number of carbonyl (C=O) groups is 2. The second-order valence-electron chi connectivity index (χ2n) is 5.87. The second kappa shape index (κ2) is 14.2. The zero-order chi connectivity index (χ0) is 18.3. The predicted octanol–water partition coefficient (Wildman–Crippen LogP) is 5.19. The number of ether oxygens (including phenoxy) is 1. The standard InChI is InChI=1S/C19H29NO3S2/c1-3-7-16(8-4-2)18(21)10-6-13-24-25-14-12-23-19(22)17-9-5-11-20-15-17/h5,9,11,15-16H,3-4,6-8,10,12-14H2,1-2H3. The maximum absolute atomic E-state index is 12.2. The molecule has 1 aromatic rings. The lowest BCUT2D eigenvalue weighted by Crippen LogP contribution is -2.14. The molecule has 0 amide bonds. The lowest BCUT2D eigenvalue weighted by Gasteiger charge is -2.13. The summed E-state index contributed by atoms with van der Waals surface area (Å²) in [6.45, 7) is 4.67. The van der Waals surface area contributed by atoms with Crippen molar-refractivity contribution in [2.24, 2.45) is 5.92 Å². The van der Waals surface area contributed by atoms with Crippen LogP contribution in [0.2, 0.25) is 0 Å². The number of hydrogen-bond acceptors (Lipinski definition) is 6. The molecule has 0 aliphatic carbocycles. The van der Waals surface area contributed by atoms with E-state index in [2.05, 4.69) is 18.8 Å². The first-order chi connectivity index (χ1) is 12.2. The smallest absolute Gasteiger partial charge is 0.339 e. The van der Waals surface area contributed by atoms with Crippen LogP contribution in [-0.2, 0) is 9.53 Å². The molecule has 0 N–H and O–H groups in total. The van der Waals surface area contributed by atoms with Gasteiger partial charge in [-0.2, -0.15) is 0 Å². The highest BCUT2D eigenvalue weighted by Gasteiger charge is 2.15. The SMILES string of the molecule is CCCC(CCC)C(=O)CCCSSCCOC(=O)c1cccnc1. The van der Waals surface area contributed by atoms with Crippen LogP contribution >= 0.6 is 21.6 Å². The molecule has 0 spiro atoms. The maximum Gasteiger partial charge on any atom is 0.339 e. The molecule has 4 nitrogen and oxygen atoms in total. The topological polar surface area (TPSA) is 56.3 Å². The van der Waals surface area contributed by atoms with Crippen LogP contribution in [0.5, 0.6) is 0 Å². The molecule has 0 aliphatic rings. The van der Waals surface area contributed by atoms with Crippen molar-refractivity contribution in [1.82, 2.24) is 4.98 Å². The van der Waals surface area contributed by atoms with Crippen molar-refractivity contribution in [2.45, 2.75) is 52.4 Å². The van der Waals surface area contributed by atoms with E-state index in [9.17, 15) is 9.59 Å². The molecule has 1 aromatic heterocycles. The van der Waals surface area contributed by atoms with E-state index >= 15 is 0 Å². The third-order valence-electron chi connectivity index (χ3n) is 3.76. The van der Waals surface area contributed by atoms with E-state index < -0.39 is 0 Å². The molecule has 0 unspecified atom stereocenters. The van der Waals surface area contributed by atoms with Gasteiger partial charge >= 0.3 is 5.97 Å². The van der Waals surface area contributed by atoms with Crippen LogP contribution in [0, 0.1) is 5.92 Å². The fraction of sp³-hybridized carbons (Fsp3) is 0.632. The zero-order valence-corrected chi connectivity index (χ0v) is 16.9. The highest BCUT2D eigenvalue weighted by Crippen LogP contribution is 2.24. The average Bonchev–Trinajstić information content (AvgIpc) is 2.64. The molecular formula is C19H29NO3S2. The second-order valence-corrected chi connectivity index (χ2v) is 8.57. The zero-order valence-electron chi connectivity index (χ0n) is 15.2. The molecule has 0 fully saturated rings. The Kier molecular flexibility index (Phi) is 12.5. The van der Waals surface area contributed by atoms with Gasteiger partial charge in [0.25, 0.3) is 0 Å². The van der Waals surface area contributed by atoms with E-state index in [1.165, 1.54) is 6.20 Å². The molecule has 25 heavy (non-hydrogen) atoms. The number of carbonyl (C=O) groups excluding carboxylic acids is 2. The summed E-state index contributed by atoms with van der Waals surface area (Å²) < 4.78 is 5.19. The van der Waals surface area contributed by atoms with E-state index in [-0.39, 0.29) is 11.9 Å². The highest BCUT2D eigenvalue weighted by molar-refractivity contribution is 8.76. The fourth-order valence-electron chi connectivity index (χ4n) is 2.53. The van der Waals surface area contributed by atoms with E-state index in [0.717, 1.165) is 43.6 Å². The third-order valence-corrected chi connectivity index (χ3v) is 6.22. The number of pyridine rings is 1. The van der Waals surface area contributed by atoms with Crippen LogP contribution in [0.4, 0.5) is 0 Å². The molecular weight excluding hydrogens is 354 g/mol. The van der Waals surface area contributed by atoms with Crippen molar-refractivity contribution in [3.8, 4) is 0 Å². The largest absolute Gasteiger partial charge is 0.461 e. The quantitative estimate of drug-likeness (QED) is 0.250. The molecule has 1 rings (SSSR count). The Morgan fingerprint density at radius 2 is 1.88 bits per heavy atom. The summed E-state index contributed by atoms with van der Waals surface area (Å²) >= 11 is 0. The van der Waals surface area contributed by atoms with Crippen LogP contribution in [0.15, 0.2) is 24.5 Å². The molecule has 0 saturated carbocycles. The molecule has 0 saturated heterocycles. The molecule has 0 radical (unpaired) electrons. The first-order valence-corrected chi connectivity index (χ1v) is 11.5. The minimum Gasteiger partial charge on any atom is -0.461 e. The summed E-state index contributed by atoms with van der Waals surface area (Å²) in [7, 11) is 3.43. The Balaban J connectivity index is 2.03. The maximum atomic E-state index is 12.2. The summed E-state index contributed by atoms with van der Waals surface area (Å²) in [6, 6.07) is 3.41. The molecule has 0 aliphatic heterocycles. The molecule has 0 atom stereocenters. The van der Waals surface area contributed by atoms with Gasteiger partial charge in [0, 0.05) is 36.2 Å². The Hall–Kier alpha value is -1.01. The van der Waals surface area contributed by atoms with Crippen molar-refractivity contribution in [3.63, 3.8) is 0 Å². The van der Waals surface area contributed by atoms with Gasteiger partial charge in [-0.05, 0) is 31.4 Å². The van der Waals surface area contributed by atoms with Gasteiger partial charge in [-0.1, -0.05) is 48.3 Å². The molecule has 1 heterocycles. The average molecular weight is 384 g/mol. The minimum absolute atomic E-state index is 0.263. The molecule has 140 valence electrons. The Morgan fingerprint density at radius 1 is 1.16 bits per heavy atom. The van der Waals surface area contributed by atoms with Gasteiger partial charge in [0.1, 0.15) is 12.4 Å². The molecule has 0 bridgehead atoms. The lowest BCUT2D eigenvalue weighted by molar-refractivity contribution is -0.123. The normalized spacial score (nSPS) is 10.8. The lowest BCUT2D eigenvalue weighted by atomic mass is 9.91. The van der Waals surface area contributed by atoms with E-state index in [4.69, 9.17) is 4.74 Å². The Labute approximate surface area is 159 Å². The van der Waals surface area contributed by atoms with Crippen molar-refractivity contribution in [2.75, 3.05) is 18.1 Å². The van der Waals surface area contributed by atoms with Crippen molar-refractivity contribution in [1.29, 1.82) is 0 Å². The van der Waals surface area contributed by atoms with Gasteiger partial charge in [0.2, 0.25) is 0 Å². The summed E-state index contributed by atoms with van der Waals surface area (Å²) in [5.74, 6) is 2.07. The van der Waals surface area contributed by atoms with Crippen LogP contribution < -0.4 is 0 Å². The van der Waals surface area contributed by atoms with Gasteiger partial charge in [-0.15, -0.1) is 0 Å². The van der Waals surface area contributed by atoms with Gasteiger partial charge in [0.05, 0.1) is 5.56 Å². The predicted molar refractivity (Wildman–Crippen MR) is 107 cm³/mol. The van der Waals surface area contributed by atoms with Crippen LogP contribution in [0.1, 0.15) is 62.7 Å². The number of ketones is 1. The summed E-state index contributed by atoms with van der Waals surface area (Å²) in [6.07, 6.45) is 8.96. The third kappa shape index (κ3) is 9.90. The number of esters is 1. The molecule has 6 heteroatoms. The monoisotopic (exact) mass is 383 g/mol. The van der Waals surface area contributed by atoms with E-state index in [1.807, 2.05) is 0 Å². The summed E-state index contributed by atoms with van der Waals surface area (Å²) in [5, 5.41) is 0. The summed E-state index contributed by atoms with van der Waals surface area (Å²) in [5.41, 5.74) is 0.479. The summed E-state index contributed by atoms with van der Waals surface area (Å²) in [4.78, 5) is 27.8. The van der Waals surface area contributed by atoms with Gasteiger partial charge in [0.15, 0.2) is 0 Å². The van der Waals surface area contributed by atoms with Crippen molar-refractivity contribution >= 4 is 33.3 Å². The first kappa shape index (κ1) is 22.0. The first-order valence-electron chi connectivity index (χ1n) is 9.03. The fourth-order valence-corrected chi connectivity index (χ4v) is 4.44. The Bertz CT molecular complexity index is 491. The number of rotatable bonds is 14. The van der Waals surface area contributed by atoms with Crippen molar-refractivity contribution in [3.05, 3.63) is 30.1 Å².